The van der Waals surface area contributed by atoms with E-state index in [4.69, 9.17) is 9.84 Å². The first-order chi connectivity index (χ1) is 14.0. The van der Waals surface area contributed by atoms with Crippen molar-refractivity contribution in [2.24, 2.45) is 0 Å². The van der Waals surface area contributed by atoms with Crippen LogP contribution in [0.15, 0.2) is 30.3 Å². The quantitative estimate of drug-likeness (QED) is 0.796. The summed E-state index contributed by atoms with van der Waals surface area (Å²) in [5, 5.41) is 4.72. The van der Waals surface area contributed by atoms with Crippen LogP contribution >= 0.6 is 0 Å². The van der Waals surface area contributed by atoms with Crippen LogP contribution in [-0.2, 0) is 11.3 Å². The van der Waals surface area contributed by atoms with E-state index in [2.05, 4.69) is 0 Å². The van der Waals surface area contributed by atoms with Crippen molar-refractivity contribution in [3.63, 3.8) is 0 Å². The number of hydrogen-bond donors (Lipinski definition) is 0. The standard InChI is InChI=1S/C22H28N4O3/c1-16-6-3-8-18(12-16)29-15-21(27)25-10-4-7-17(14-25)19-13-20-22(28)24(2)9-5-11-26(20)23-19/h3,6,8,12-13,17H,4-5,7,9-11,14-15H2,1-2H3. The second kappa shape index (κ2) is 8.27. The molecule has 1 fully saturated rings. The molecule has 1 unspecified atom stereocenters. The molecular formula is C22H28N4O3. The highest BCUT2D eigenvalue weighted by Gasteiger charge is 2.29. The fourth-order valence-corrected chi connectivity index (χ4v) is 4.12. The van der Waals surface area contributed by atoms with E-state index in [1.54, 1.807) is 4.90 Å². The Morgan fingerprint density at radius 2 is 2.07 bits per heavy atom. The molecule has 2 amide bonds. The average Bonchev–Trinajstić information content (AvgIpc) is 3.10. The van der Waals surface area contributed by atoms with E-state index in [0.29, 0.717) is 18.0 Å². The lowest BCUT2D eigenvalue weighted by atomic mass is 9.94. The maximum absolute atomic E-state index is 12.7. The molecule has 7 nitrogen and oxygen atoms in total. The van der Waals surface area contributed by atoms with E-state index in [0.717, 1.165) is 50.2 Å². The summed E-state index contributed by atoms with van der Waals surface area (Å²) >= 11 is 0. The zero-order chi connectivity index (χ0) is 20.4. The van der Waals surface area contributed by atoms with Gasteiger partial charge in [-0.3, -0.25) is 14.3 Å². The highest BCUT2D eigenvalue weighted by molar-refractivity contribution is 5.92. The molecule has 4 rings (SSSR count). The molecule has 3 heterocycles. The SMILES string of the molecule is Cc1cccc(OCC(=O)N2CCCC(c3cc4n(n3)CCCN(C)C4=O)C2)c1. The number of likely N-dealkylation sites (tertiary alicyclic amines) is 1. The van der Waals surface area contributed by atoms with E-state index in [1.165, 1.54) is 0 Å². The van der Waals surface area contributed by atoms with Gasteiger partial charge in [0.15, 0.2) is 6.61 Å². The van der Waals surface area contributed by atoms with Crippen molar-refractivity contribution < 1.29 is 14.3 Å². The maximum atomic E-state index is 12.7. The van der Waals surface area contributed by atoms with E-state index < -0.39 is 0 Å². The number of piperidine rings is 1. The molecule has 0 N–H and O–H groups in total. The number of aryl methyl sites for hydroxylation is 2. The minimum absolute atomic E-state index is 0.00668. The maximum Gasteiger partial charge on any atom is 0.271 e. The van der Waals surface area contributed by atoms with Crippen molar-refractivity contribution in [2.45, 2.75) is 38.6 Å². The molecule has 0 saturated carbocycles. The van der Waals surface area contributed by atoms with Crippen molar-refractivity contribution in [1.82, 2.24) is 19.6 Å². The summed E-state index contributed by atoms with van der Waals surface area (Å²) < 4.78 is 7.52. The molecular weight excluding hydrogens is 368 g/mol. The first-order valence-corrected chi connectivity index (χ1v) is 10.3. The van der Waals surface area contributed by atoms with Gasteiger partial charge in [-0.15, -0.1) is 0 Å². The smallest absolute Gasteiger partial charge is 0.271 e. The molecule has 0 aliphatic carbocycles. The number of ether oxygens (including phenoxy) is 1. The highest BCUT2D eigenvalue weighted by atomic mass is 16.5. The summed E-state index contributed by atoms with van der Waals surface area (Å²) in [7, 11) is 1.83. The van der Waals surface area contributed by atoms with Gasteiger partial charge < -0.3 is 14.5 Å². The molecule has 2 aliphatic rings. The van der Waals surface area contributed by atoms with Gasteiger partial charge in [-0.1, -0.05) is 12.1 Å². The molecule has 7 heteroatoms. The van der Waals surface area contributed by atoms with Crippen LogP contribution in [0.4, 0.5) is 0 Å². The van der Waals surface area contributed by atoms with E-state index in [-0.39, 0.29) is 24.3 Å². The number of nitrogens with zero attached hydrogens (tertiary/aromatic N) is 4. The van der Waals surface area contributed by atoms with Gasteiger partial charge in [0.05, 0.1) is 5.69 Å². The summed E-state index contributed by atoms with van der Waals surface area (Å²) in [5.41, 5.74) is 2.68. The third-order valence-corrected chi connectivity index (χ3v) is 5.77. The third kappa shape index (κ3) is 4.28. The van der Waals surface area contributed by atoms with Crippen molar-refractivity contribution in [3.8, 4) is 5.75 Å². The fourth-order valence-electron chi connectivity index (χ4n) is 4.12. The predicted octanol–water partition coefficient (Wildman–Crippen LogP) is 2.45. The molecule has 1 aromatic heterocycles. The van der Waals surface area contributed by atoms with Gasteiger partial charge in [0.2, 0.25) is 0 Å². The van der Waals surface area contributed by atoms with Gasteiger partial charge in [-0.2, -0.15) is 5.10 Å². The Balaban J connectivity index is 1.41. The van der Waals surface area contributed by atoms with Gasteiger partial charge in [0.25, 0.3) is 11.8 Å². The van der Waals surface area contributed by atoms with Crippen molar-refractivity contribution in [1.29, 1.82) is 0 Å². The Kier molecular flexibility index (Phi) is 5.56. The normalized spacial score (nSPS) is 19.7. The van der Waals surface area contributed by atoms with Gasteiger partial charge >= 0.3 is 0 Å². The van der Waals surface area contributed by atoms with Crippen LogP contribution in [0.3, 0.4) is 0 Å². The van der Waals surface area contributed by atoms with Gasteiger partial charge in [0, 0.05) is 39.1 Å². The van der Waals surface area contributed by atoms with Crippen LogP contribution in [0, 0.1) is 6.92 Å². The number of fused-ring (bicyclic) bond motifs is 1. The van der Waals surface area contributed by atoms with Crippen LogP contribution in [-0.4, -0.2) is 64.7 Å². The van der Waals surface area contributed by atoms with Gasteiger partial charge in [0.1, 0.15) is 11.4 Å². The molecule has 0 bridgehead atoms. The van der Waals surface area contributed by atoms with Crippen LogP contribution in [0.25, 0.3) is 0 Å². The third-order valence-electron chi connectivity index (χ3n) is 5.77. The summed E-state index contributed by atoms with van der Waals surface area (Å²) in [6.45, 7) is 4.91. The second-order valence-corrected chi connectivity index (χ2v) is 8.04. The van der Waals surface area contributed by atoms with Gasteiger partial charge in [-0.05, 0) is 49.9 Å². The zero-order valence-corrected chi connectivity index (χ0v) is 17.1. The topological polar surface area (TPSA) is 67.7 Å². The molecule has 0 spiro atoms. The number of hydrogen-bond acceptors (Lipinski definition) is 4. The number of carbonyl (C=O) groups excluding carboxylic acids is 2. The Labute approximate surface area is 171 Å². The first-order valence-electron chi connectivity index (χ1n) is 10.3. The second-order valence-electron chi connectivity index (χ2n) is 8.04. The molecule has 2 aromatic rings. The monoisotopic (exact) mass is 396 g/mol. The summed E-state index contributed by atoms with van der Waals surface area (Å²) in [6.07, 6.45) is 2.81. The van der Waals surface area contributed by atoms with E-state index >= 15 is 0 Å². The molecule has 1 atom stereocenters. The van der Waals surface area contributed by atoms with Gasteiger partial charge in [-0.25, -0.2) is 0 Å². The predicted molar refractivity (Wildman–Crippen MR) is 109 cm³/mol. The molecule has 2 aliphatic heterocycles. The summed E-state index contributed by atoms with van der Waals surface area (Å²) in [5.74, 6) is 0.890. The Morgan fingerprint density at radius 3 is 2.90 bits per heavy atom. The number of carbonyl (C=O) groups is 2. The minimum Gasteiger partial charge on any atom is -0.484 e. The number of benzene rings is 1. The summed E-state index contributed by atoms with van der Waals surface area (Å²) in [6, 6.07) is 9.64. The van der Waals surface area contributed by atoms with Crippen molar-refractivity contribution in [3.05, 3.63) is 47.3 Å². The van der Waals surface area contributed by atoms with E-state index in [1.807, 2.05) is 53.9 Å². The Bertz CT molecular complexity index is 907. The minimum atomic E-state index is -0.00668. The van der Waals surface area contributed by atoms with Crippen LogP contribution < -0.4 is 4.74 Å². The first kappa shape index (κ1) is 19.5. The van der Waals surface area contributed by atoms with Crippen molar-refractivity contribution in [2.75, 3.05) is 33.3 Å². The number of amides is 2. The number of rotatable bonds is 4. The number of aromatic nitrogens is 2. The molecule has 29 heavy (non-hydrogen) atoms. The van der Waals surface area contributed by atoms with E-state index in [9.17, 15) is 9.59 Å². The lowest BCUT2D eigenvalue weighted by Gasteiger charge is -2.32. The largest absolute Gasteiger partial charge is 0.484 e. The Morgan fingerprint density at radius 1 is 1.21 bits per heavy atom. The van der Waals surface area contributed by atoms with Crippen LogP contribution in [0.1, 0.15) is 46.9 Å². The molecule has 1 aromatic carbocycles. The lowest BCUT2D eigenvalue weighted by Crippen LogP contribution is -2.41. The molecule has 1 saturated heterocycles. The molecule has 154 valence electrons. The average molecular weight is 396 g/mol. The van der Waals surface area contributed by atoms with Crippen molar-refractivity contribution >= 4 is 11.8 Å². The zero-order valence-electron chi connectivity index (χ0n) is 17.1. The highest BCUT2D eigenvalue weighted by Crippen LogP contribution is 2.28. The Hall–Kier alpha value is -2.83. The summed E-state index contributed by atoms with van der Waals surface area (Å²) in [4.78, 5) is 28.8. The molecule has 0 radical (unpaired) electrons. The lowest BCUT2D eigenvalue weighted by molar-refractivity contribution is -0.134. The van der Waals surface area contributed by atoms with Crippen LogP contribution in [0.2, 0.25) is 0 Å². The fraction of sp³-hybridized carbons (Fsp3) is 0.500. The van der Waals surface area contributed by atoms with Crippen LogP contribution in [0.5, 0.6) is 5.75 Å².